The Morgan fingerprint density at radius 3 is 2.62 bits per heavy atom. The quantitative estimate of drug-likeness (QED) is 0.127. The minimum Gasteiger partial charge on any atom is -0.357 e. The minimum absolute atomic E-state index is 0.536. The van der Waals surface area contributed by atoms with Crippen LogP contribution in [0.4, 0.5) is 0 Å². The Kier molecular flexibility index (Phi) is 10.3. The van der Waals surface area contributed by atoms with E-state index in [0.29, 0.717) is 0 Å². The van der Waals surface area contributed by atoms with Gasteiger partial charge in [0.1, 0.15) is 0 Å². The van der Waals surface area contributed by atoms with Gasteiger partial charge in [-0.2, -0.15) is 0 Å². The van der Waals surface area contributed by atoms with Gasteiger partial charge in [-0.25, -0.2) is 5.48 Å². The predicted octanol–water partition coefficient (Wildman–Crippen LogP) is 3.28. The number of nitrogens with one attached hydrogen (secondary N) is 5. The van der Waals surface area contributed by atoms with Crippen molar-refractivity contribution in [2.24, 2.45) is 0 Å². The smallest absolute Gasteiger partial charge is 0.267 e. The molecule has 182 valence electrons. The van der Waals surface area contributed by atoms with Crippen molar-refractivity contribution >= 4 is 22.9 Å². The van der Waals surface area contributed by atoms with Gasteiger partial charge < -0.3 is 20.9 Å². The van der Waals surface area contributed by atoms with Crippen molar-refractivity contribution in [1.29, 1.82) is 0 Å². The van der Waals surface area contributed by atoms with Crippen molar-refractivity contribution in [2.75, 3.05) is 26.7 Å². The van der Waals surface area contributed by atoms with Gasteiger partial charge in [0.05, 0.1) is 0 Å². The first kappa shape index (κ1) is 25.6. The number of aromatic amines is 1. The van der Waals surface area contributed by atoms with E-state index in [-0.39, 0.29) is 0 Å². The maximum absolute atomic E-state index is 11.0. The number of carbonyl (C=O) groups is 1. The Morgan fingerprint density at radius 2 is 1.91 bits per heavy atom. The topological polar surface area (TPSA) is 101 Å². The van der Waals surface area contributed by atoms with Gasteiger partial charge in [0.2, 0.25) is 0 Å². The van der Waals surface area contributed by atoms with Gasteiger partial charge in [-0.1, -0.05) is 37.3 Å². The molecule has 0 atom stereocenters. The van der Waals surface area contributed by atoms with Crippen LogP contribution in [0.25, 0.3) is 17.0 Å². The van der Waals surface area contributed by atoms with Gasteiger partial charge in [-0.05, 0) is 86.4 Å². The lowest BCUT2D eigenvalue weighted by atomic mass is 10.0. The van der Waals surface area contributed by atoms with Crippen molar-refractivity contribution in [3.8, 4) is 0 Å². The average molecular weight is 464 g/mol. The highest BCUT2D eigenvalue weighted by molar-refractivity contribution is 5.90. The highest BCUT2D eigenvalue weighted by atomic mass is 16.5. The molecule has 0 saturated carbocycles. The minimum atomic E-state index is -0.536. The van der Waals surface area contributed by atoms with Crippen LogP contribution in [0.1, 0.15) is 41.3 Å². The van der Waals surface area contributed by atoms with Gasteiger partial charge in [0, 0.05) is 35.8 Å². The van der Waals surface area contributed by atoms with Crippen molar-refractivity contribution < 1.29 is 10.0 Å². The second-order valence-corrected chi connectivity index (χ2v) is 8.47. The van der Waals surface area contributed by atoms with Crippen LogP contribution in [0.15, 0.2) is 48.5 Å². The third-order valence-electron chi connectivity index (χ3n) is 5.85. The first-order valence-electron chi connectivity index (χ1n) is 12.0. The molecule has 34 heavy (non-hydrogen) atoms. The summed E-state index contributed by atoms with van der Waals surface area (Å²) in [6.07, 6.45) is 6.27. The zero-order valence-corrected chi connectivity index (χ0v) is 20.2. The molecular formula is C27H37N5O2. The van der Waals surface area contributed by atoms with Crippen LogP contribution in [0.2, 0.25) is 0 Å². The van der Waals surface area contributed by atoms with Crippen LogP contribution in [0, 0.1) is 0 Å². The second kappa shape index (κ2) is 13.7. The number of amides is 1. The number of hydrogen-bond acceptors (Lipinski definition) is 5. The Bertz CT molecular complexity index is 1070. The van der Waals surface area contributed by atoms with E-state index in [2.05, 4.69) is 46.1 Å². The summed E-state index contributed by atoms with van der Waals surface area (Å²) in [7, 11) is 1.96. The number of benzene rings is 2. The molecule has 3 aromatic rings. The van der Waals surface area contributed by atoms with Gasteiger partial charge >= 0.3 is 0 Å². The summed E-state index contributed by atoms with van der Waals surface area (Å²) in [6, 6.07) is 14.7. The van der Waals surface area contributed by atoms with Crippen molar-refractivity contribution in [3.05, 3.63) is 76.5 Å². The Labute approximate surface area is 202 Å². The molecule has 0 saturated heterocycles. The van der Waals surface area contributed by atoms with Crippen molar-refractivity contribution in [3.63, 3.8) is 0 Å². The van der Waals surface area contributed by atoms with Gasteiger partial charge in [0.15, 0.2) is 0 Å². The monoisotopic (exact) mass is 463 g/mol. The third-order valence-corrected chi connectivity index (χ3v) is 5.85. The van der Waals surface area contributed by atoms with Crippen molar-refractivity contribution in [2.45, 2.75) is 39.3 Å². The fourth-order valence-corrected chi connectivity index (χ4v) is 4.04. The van der Waals surface area contributed by atoms with Crippen LogP contribution in [-0.2, 0) is 30.7 Å². The summed E-state index contributed by atoms with van der Waals surface area (Å²) in [5, 5.41) is 19.8. The summed E-state index contributed by atoms with van der Waals surface area (Å²) in [5.41, 5.74) is 9.07. The molecule has 0 aliphatic carbocycles. The van der Waals surface area contributed by atoms with Crippen LogP contribution >= 0.6 is 0 Å². The molecule has 2 heterocycles. The average Bonchev–Trinajstić information content (AvgIpc) is 3.25. The van der Waals surface area contributed by atoms with Crippen LogP contribution < -0.4 is 21.4 Å². The van der Waals surface area contributed by atoms with Crippen LogP contribution in [-0.4, -0.2) is 42.8 Å². The van der Waals surface area contributed by atoms with E-state index >= 15 is 0 Å². The molecule has 2 aromatic carbocycles. The number of hydroxylamine groups is 1. The Balaban J connectivity index is 0.000000588. The molecule has 1 aliphatic heterocycles. The molecule has 0 radical (unpaired) electrons. The molecule has 0 unspecified atom stereocenters. The molecule has 4 rings (SSSR count). The van der Waals surface area contributed by atoms with E-state index < -0.39 is 5.91 Å². The third kappa shape index (κ3) is 7.53. The zero-order chi connectivity index (χ0) is 24.2. The zero-order valence-electron chi connectivity index (χ0n) is 20.2. The Hall–Kier alpha value is -2.97. The van der Waals surface area contributed by atoms with E-state index in [9.17, 15) is 4.79 Å². The van der Waals surface area contributed by atoms with E-state index in [1.54, 1.807) is 11.6 Å². The number of H-pyrrole nitrogens is 1. The highest BCUT2D eigenvalue weighted by Gasteiger charge is 2.14. The summed E-state index contributed by atoms with van der Waals surface area (Å²) in [5.74, 6) is -0.536. The van der Waals surface area contributed by atoms with E-state index in [4.69, 9.17) is 5.21 Å². The number of carbonyl (C=O) groups excluding carboxylic acids is 1. The number of rotatable bonds is 9. The highest BCUT2D eigenvalue weighted by Crippen LogP contribution is 2.26. The van der Waals surface area contributed by atoms with Gasteiger partial charge in [-0.3, -0.25) is 10.0 Å². The normalized spacial score (nSPS) is 12.9. The number of hydrogen-bond donors (Lipinski definition) is 6. The van der Waals surface area contributed by atoms with E-state index in [1.165, 1.54) is 45.8 Å². The van der Waals surface area contributed by atoms with Crippen LogP contribution in [0.3, 0.4) is 0 Å². The fraction of sp³-hybridized carbons (Fsp3) is 0.370. The Morgan fingerprint density at radius 1 is 1.12 bits per heavy atom. The van der Waals surface area contributed by atoms with E-state index in [0.717, 1.165) is 51.1 Å². The molecule has 7 heteroatoms. The van der Waals surface area contributed by atoms with Crippen LogP contribution in [0.5, 0.6) is 0 Å². The molecule has 1 amide bonds. The summed E-state index contributed by atoms with van der Waals surface area (Å²) in [4.78, 5) is 14.5. The standard InChI is InChI=1S/C23H26N4O2.C4H11N/c28-23(27-29)8-6-16-1-3-18(4-2-16)14-24-11-9-17-5-7-21-20(13-17)19-10-12-25-15-22(19)26-21;1-3-4-5-2/h1-8,13,24-26,29H,9-12,14-15H2,(H,27,28);5H,3-4H2,1-2H3/b8-6+;. The van der Waals surface area contributed by atoms with Gasteiger partial charge in [0.25, 0.3) is 5.91 Å². The molecule has 1 aromatic heterocycles. The van der Waals surface area contributed by atoms with Crippen molar-refractivity contribution in [1.82, 2.24) is 26.4 Å². The lowest BCUT2D eigenvalue weighted by molar-refractivity contribution is -0.124. The van der Waals surface area contributed by atoms with E-state index in [1.807, 2.05) is 31.3 Å². The number of aromatic nitrogens is 1. The second-order valence-electron chi connectivity index (χ2n) is 8.47. The molecular weight excluding hydrogens is 426 g/mol. The summed E-state index contributed by atoms with van der Waals surface area (Å²) < 4.78 is 0. The maximum Gasteiger partial charge on any atom is 0.267 e. The molecule has 1 aliphatic rings. The molecule has 0 fully saturated rings. The lowest BCUT2D eigenvalue weighted by Crippen LogP contribution is -2.23. The predicted molar refractivity (Wildman–Crippen MR) is 139 cm³/mol. The first-order valence-corrected chi connectivity index (χ1v) is 12.0. The molecule has 6 N–H and O–H groups in total. The van der Waals surface area contributed by atoms with Gasteiger partial charge in [-0.15, -0.1) is 0 Å². The lowest BCUT2D eigenvalue weighted by Gasteiger charge is -2.12. The summed E-state index contributed by atoms with van der Waals surface area (Å²) in [6.45, 7) is 6.99. The maximum atomic E-state index is 11.0. The molecule has 0 bridgehead atoms. The largest absolute Gasteiger partial charge is 0.357 e. The number of fused-ring (bicyclic) bond motifs is 3. The summed E-state index contributed by atoms with van der Waals surface area (Å²) >= 11 is 0. The molecule has 0 spiro atoms. The fourth-order valence-electron chi connectivity index (χ4n) is 4.04. The molecule has 7 nitrogen and oxygen atoms in total. The first-order chi connectivity index (χ1) is 16.6. The SMILES string of the molecule is CCCNC.O=C(/C=C/c1ccc(CNCCc2ccc3[nH]c4c(c3c2)CCNC4)cc1)NO.